The standard InChI is InChI=1S/C10H22O5Si/c1-12-10(11)9-14-6-5-13-7-8-15-16(2,3)4/h5-9H2,1-4H3. The lowest BCUT2D eigenvalue weighted by Crippen LogP contribution is -2.27. The first-order valence-corrected chi connectivity index (χ1v) is 8.73. The quantitative estimate of drug-likeness (QED) is 0.348. The van der Waals surface area contributed by atoms with Gasteiger partial charge in [0.2, 0.25) is 0 Å². The molecule has 0 aliphatic heterocycles. The summed E-state index contributed by atoms with van der Waals surface area (Å²) >= 11 is 0. The van der Waals surface area contributed by atoms with Crippen molar-refractivity contribution in [1.82, 2.24) is 0 Å². The Morgan fingerprint density at radius 2 is 1.56 bits per heavy atom. The molecule has 0 bridgehead atoms. The van der Waals surface area contributed by atoms with Crippen molar-refractivity contribution in [3.05, 3.63) is 0 Å². The van der Waals surface area contributed by atoms with E-state index in [9.17, 15) is 4.79 Å². The Labute approximate surface area is 98.1 Å². The van der Waals surface area contributed by atoms with Crippen molar-refractivity contribution < 1.29 is 23.4 Å². The maximum Gasteiger partial charge on any atom is 0.331 e. The largest absolute Gasteiger partial charge is 0.467 e. The van der Waals surface area contributed by atoms with Crippen molar-refractivity contribution in [3.8, 4) is 0 Å². The van der Waals surface area contributed by atoms with Gasteiger partial charge < -0.3 is 18.6 Å². The Hall–Kier alpha value is -0.433. The molecule has 0 saturated carbocycles. The molecular formula is C10H22O5Si. The molecule has 0 aromatic heterocycles. The molecule has 0 aromatic carbocycles. The predicted octanol–water partition coefficient (Wildman–Crippen LogP) is 1.04. The second kappa shape index (κ2) is 8.69. The Balaban J connectivity index is 3.13. The van der Waals surface area contributed by atoms with Crippen molar-refractivity contribution >= 4 is 14.3 Å². The van der Waals surface area contributed by atoms with Crippen LogP contribution >= 0.6 is 0 Å². The lowest BCUT2D eigenvalue weighted by atomic mass is 10.7. The average Bonchev–Trinajstić information content (AvgIpc) is 2.20. The highest BCUT2D eigenvalue weighted by molar-refractivity contribution is 6.69. The van der Waals surface area contributed by atoms with Gasteiger partial charge in [0, 0.05) is 0 Å². The van der Waals surface area contributed by atoms with Crippen LogP contribution in [0.2, 0.25) is 19.6 Å². The van der Waals surface area contributed by atoms with Gasteiger partial charge >= 0.3 is 5.97 Å². The fourth-order valence-corrected chi connectivity index (χ4v) is 1.54. The van der Waals surface area contributed by atoms with E-state index in [0.717, 1.165) is 0 Å². The second-order valence-electron chi connectivity index (χ2n) is 4.20. The van der Waals surface area contributed by atoms with Crippen LogP contribution in [0, 0.1) is 0 Å². The monoisotopic (exact) mass is 250 g/mol. The molecule has 0 N–H and O–H groups in total. The van der Waals surface area contributed by atoms with Gasteiger partial charge in [-0.1, -0.05) is 0 Å². The third-order valence-electron chi connectivity index (χ3n) is 1.58. The van der Waals surface area contributed by atoms with Gasteiger partial charge in [-0.2, -0.15) is 0 Å². The van der Waals surface area contributed by atoms with Crippen LogP contribution in [0.25, 0.3) is 0 Å². The SMILES string of the molecule is COC(=O)COCCOCCO[Si](C)(C)C. The first-order valence-electron chi connectivity index (χ1n) is 5.32. The molecular weight excluding hydrogens is 228 g/mol. The van der Waals surface area contributed by atoms with Crippen molar-refractivity contribution in [1.29, 1.82) is 0 Å². The minimum absolute atomic E-state index is 0.0226. The minimum atomic E-state index is -1.42. The summed E-state index contributed by atoms with van der Waals surface area (Å²) in [4.78, 5) is 10.7. The molecule has 0 spiro atoms. The van der Waals surface area contributed by atoms with Crippen molar-refractivity contribution in [3.63, 3.8) is 0 Å². The smallest absolute Gasteiger partial charge is 0.331 e. The molecule has 0 atom stereocenters. The molecule has 5 nitrogen and oxygen atoms in total. The number of hydrogen-bond acceptors (Lipinski definition) is 5. The molecule has 0 aromatic rings. The number of rotatable bonds is 9. The molecule has 0 amide bonds. The van der Waals surface area contributed by atoms with E-state index in [-0.39, 0.29) is 12.6 Å². The van der Waals surface area contributed by atoms with Gasteiger partial charge in [-0.05, 0) is 19.6 Å². The summed E-state index contributed by atoms with van der Waals surface area (Å²) in [5.74, 6) is -0.373. The molecule has 0 radical (unpaired) electrons. The van der Waals surface area contributed by atoms with E-state index in [2.05, 4.69) is 24.4 Å². The molecule has 96 valence electrons. The highest BCUT2D eigenvalue weighted by Crippen LogP contribution is 2.01. The van der Waals surface area contributed by atoms with Gasteiger partial charge in [0.25, 0.3) is 0 Å². The molecule has 0 saturated heterocycles. The highest BCUT2D eigenvalue weighted by atomic mass is 28.4. The summed E-state index contributed by atoms with van der Waals surface area (Å²) in [6, 6.07) is 0. The van der Waals surface area contributed by atoms with Crippen molar-refractivity contribution in [2.75, 3.05) is 40.1 Å². The summed E-state index contributed by atoms with van der Waals surface area (Å²) < 4.78 is 20.3. The number of carbonyl (C=O) groups excluding carboxylic acids is 1. The van der Waals surface area contributed by atoms with Crippen LogP contribution in [0.5, 0.6) is 0 Å². The van der Waals surface area contributed by atoms with E-state index in [0.29, 0.717) is 26.4 Å². The summed E-state index contributed by atoms with van der Waals surface area (Å²) in [7, 11) is -0.0956. The van der Waals surface area contributed by atoms with Gasteiger partial charge in [-0.15, -0.1) is 0 Å². The van der Waals surface area contributed by atoms with Crippen LogP contribution in [-0.2, 0) is 23.4 Å². The average molecular weight is 250 g/mol. The zero-order valence-corrected chi connectivity index (χ0v) is 11.6. The van der Waals surface area contributed by atoms with E-state index in [1.807, 2.05) is 0 Å². The highest BCUT2D eigenvalue weighted by Gasteiger charge is 2.12. The third-order valence-corrected chi connectivity index (χ3v) is 2.65. The van der Waals surface area contributed by atoms with Crippen LogP contribution < -0.4 is 0 Å². The fourth-order valence-electron chi connectivity index (χ4n) is 0.841. The Bertz CT molecular complexity index is 190. The normalized spacial score (nSPS) is 11.5. The van der Waals surface area contributed by atoms with Gasteiger partial charge in [-0.3, -0.25) is 0 Å². The molecule has 0 unspecified atom stereocenters. The molecule has 6 heteroatoms. The predicted molar refractivity (Wildman–Crippen MR) is 63.0 cm³/mol. The Kier molecular flexibility index (Phi) is 8.45. The number of esters is 1. The Morgan fingerprint density at radius 1 is 1.00 bits per heavy atom. The van der Waals surface area contributed by atoms with Gasteiger partial charge in [0.15, 0.2) is 8.32 Å². The molecule has 0 fully saturated rings. The van der Waals surface area contributed by atoms with E-state index < -0.39 is 8.32 Å². The summed E-state index contributed by atoms with van der Waals surface area (Å²) in [5, 5.41) is 0. The van der Waals surface area contributed by atoms with Crippen LogP contribution in [0.15, 0.2) is 0 Å². The maximum atomic E-state index is 10.7. The lowest BCUT2D eigenvalue weighted by Gasteiger charge is -2.16. The summed E-state index contributed by atoms with van der Waals surface area (Å²) in [6.45, 7) is 8.41. The Morgan fingerprint density at radius 3 is 2.12 bits per heavy atom. The van der Waals surface area contributed by atoms with Crippen LogP contribution in [-0.4, -0.2) is 54.4 Å². The molecule has 0 rings (SSSR count). The minimum Gasteiger partial charge on any atom is -0.467 e. The molecule has 0 heterocycles. The topological polar surface area (TPSA) is 54.0 Å². The van der Waals surface area contributed by atoms with Gasteiger partial charge in [0.1, 0.15) is 6.61 Å². The van der Waals surface area contributed by atoms with Gasteiger partial charge in [-0.25, -0.2) is 4.79 Å². The van der Waals surface area contributed by atoms with Gasteiger partial charge in [0.05, 0.1) is 33.5 Å². The van der Waals surface area contributed by atoms with E-state index >= 15 is 0 Å². The molecule has 0 aliphatic rings. The van der Waals surface area contributed by atoms with E-state index in [1.54, 1.807) is 0 Å². The van der Waals surface area contributed by atoms with Crippen LogP contribution in [0.3, 0.4) is 0 Å². The molecule has 16 heavy (non-hydrogen) atoms. The number of methoxy groups -OCH3 is 1. The van der Waals surface area contributed by atoms with E-state index in [4.69, 9.17) is 13.9 Å². The molecule has 0 aliphatic carbocycles. The van der Waals surface area contributed by atoms with E-state index in [1.165, 1.54) is 7.11 Å². The number of hydrogen-bond donors (Lipinski definition) is 0. The van der Waals surface area contributed by atoms with Crippen molar-refractivity contribution in [2.24, 2.45) is 0 Å². The first kappa shape index (κ1) is 15.6. The first-order chi connectivity index (χ1) is 7.45. The summed E-state index contributed by atoms with van der Waals surface area (Å²) in [6.07, 6.45) is 0. The third kappa shape index (κ3) is 11.6. The van der Waals surface area contributed by atoms with Crippen LogP contribution in [0.4, 0.5) is 0 Å². The number of carbonyl (C=O) groups is 1. The zero-order chi connectivity index (χ0) is 12.4. The maximum absolute atomic E-state index is 10.7. The van der Waals surface area contributed by atoms with Crippen LogP contribution in [0.1, 0.15) is 0 Å². The van der Waals surface area contributed by atoms with Crippen molar-refractivity contribution in [2.45, 2.75) is 19.6 Å². The second-order valence-corrected chi connectivity index (χ2v) is 8.72. The number of ether oxygens (including phenoxy) is 3. The fraction of sp³-hybridized carbons (Fsp3) is 0.900. The zero-order valence-electron chi connectivity index (χ0n) is 10.6. The summed E-state index contributed by atoms with van der Waals surface area (Å²) in [5.41, 5.74) is 0. The lowest BCUT2D eigenvalue weighted by molar-refractivity contribution is -0.146.